The van der Waals surface area contributed by atoms with Gasteiger partial charge in [-0.3, -0.25) is 29.4 Å². The van der Waals surface area contributed by atoms with Crippen molar-refractivity contribution >= 4 is 47.8 Å². The van der Waals surface area contributed by atoms with Gasteiger partial charge >= 0.3 is 0 Å². The summed E-state index contributed by atoms with van der Waals surface area (Å²) in [7, 11) is 0. The molecule has 342 valence electrons. The monoisotopic (exact) mass is 852 g/mol. The van der Waals surface area contributed by atoms with Crippen LogP contribution in [0.15, 0.2) is 0 Å². The summed E-state index contributed by atoms with van der Waals surface area (Å²) in [5.74, 6) is -11.4. The maximum absolute atomic E-state index is 11.8. The molecule has 2 aliphatic heterocycles. The van der Waals surface area contributed by atoms with Gasteiger partial charge in [0.15, 0.2) is 0 Å². The third-order valence-corrected chi connectivity index (χ3v) is 12.6. The molecule has 2 saturated heterocycles. The molecular formula is C38H56N6O16-8. The van der Waals surface area contributed by atoms with Crippen LogP contribution in [0.1, 0.15) is 80.1 Å². The predicted octanol–water partition coefficient (Wildman–Crippen LogP) is -11.0. The average Bonchev–Trinajstić information content (AvgIpc) is 3.46. The van der Waals surface area contributed by atoms with Gasteiger partial charge in [-0.25, -0.2) is 0 Å². The van der Waals surface area contributed by atoms with E-state index in [0.717, 1.165) is 17.7 Å². The van der Waals surface area contributed by atoms with Crippen LogP contribution >= 0.6 is 0 Å². The number of carboxylic acid groups (broad SMARTS) is 8. The molecule has 0 aromatic rings. The summed E-state index contributed by atoms with van der Waals surface area (Å²) in [6.45, 7) is 6.62. The van der Waals surface area contributed by atoms with E-state index >= 15 is 0 Å². The Morgan fingerprint density at radius 3 is 0.983 bits per heavy atom. The summed E-state index contributed by atoms with van der Waals surface area (Å²) >= 11 is 0. The smallest absolute Gasteiger partial charge is 0.0583 e. The highest BCUT2D eigenvalue weighted by Crippen LogP contribution is 2.38. The van der Waals surface area contributed by atoms with Crippen molar-refractivity contribution in [2.45, 2.75) is 127 Å². The van der Waals surface area contributed by atoms with Crippen LogP contribution in [-0.2, 0) is 38.4 Å². The predicted molar refractivity (Wildman–Crippen MR) is 190 cm³/mol. The van der Waals surface area contributed by atoms with E-state index in [1.165, 1.54) is 42.4 Å². The number of nitrogens with zero attached hydrogens (tertiary/aromatic N) is 6. The molecule has 0 aromatic carbocycles. The van der Waals surface area contributed by atoms with Crippen LogP contribution in [0.2, 0.25) is 0 Å². The summed E-state index contributed by atoms with van der Waals surface area (Å²) in [4.78, 5) is 101. The average molecular weight is 853 g/mol. The Labute approximate surface area is 348 Å². The van der Waals surface area contributed by atoms with E-state index in [1.54, 1.807) is 23.6 Å². The van der Waals surface area contributed by atoms with Crippen molar-refractivity contribution in [2.24, 2.45) is 0 Å². The summed E-state index contributed by atoms with van der Waals surface area (Å²) < 4.78 is 0. The number of carbonyl (C=O) groups excluding carboxylic acids is 8. The minimum Gasteiger partial charge on any atom is -0.549 e. The van der Waals surface area contributed by atoms with Crippen molar-refractivity contribution in [3.05, 3.63) is 0 Å². The molecule has 60 heavy (non-hydrogen) atoms. The fourth-order valence-corrected chi connectivity index (χ4v) is 8.83. The lowest BCUT2D eigenvalue weighted by atomic mass is 9.87. The first-order chi connectivity index (χ1) is 27.9. The molecule has 1 saturated carbocycles. The van der Waals surface area contributed by atoms with Gasteiger partial charge in [-0.2, -0.15) is 0 Å². The summed E-state index contributed by atoms with van der Waals surface area (Å²) in [6.07, 6.45) is 3.36. The van der Waals surface area contributed by atoms with Gasteiger partial charge in [0.2, 0.25) is 0 Å². The van der Waals surface area contributed by atoms with Crippen molar-refractivity contribution < 1.29 is 79.2 Å². The van der Waals surface area contributed by atoms with Crippen molar-refractivity contribution in [2.75, 3.05) is 65.4 Å². The number of aliphatic carboxylic acids is 8. The van der Waals surface area contributed by atoms with Crippen LogP contribution in [0.25, 0.3) is 0 Å². The van der Waals surface area contributed by atoms with Gasteiger partial charge in [0.05, 0.1) is 47.8 Å². The molecule has 0 aromatic heterocycles. The third-order valence-electron chi connectivity index (χ3n) is 12.6. The molecule has 3 rings (SSSR count). The molecular weight excluding hydrogens is 796 g/mol. The molecule has 2 heterocycles. The molecule has 0 radical (unpaired) electrons. The maximum Gasteiger partial charge on any atom is 0.0583 e. The fraction of sp³-hybridized carbons (Fsp3) is 0.789. The van der Waals surface area contributed by atoms with Crippen LogP contribution in [-0.4, -0.2) is 190 Å². The maximum atomic E-state index is 11.8. The standard InChI is InChI=1S/C21H35N3O8.C17H29N3O8/c1-4-21(22(9-17(25)26)10-18(27)28)11-23(13(2)19(29)30)15-7-5-6-8-16(15)24(12-21)14(3)20(31)32;1-4-17(20(7-13(21)22)8-14(23)24)9-18(11(2)15(25)26)5-6-19(10-17)12(3)16(27)28/h13-16H,4-12H2,1-3H3,(H,25,26)(H,27,28)(H,29,30)(H,31,32);11-12H,4-10H2,1-3H3,(H,21,22)(H,23,24)(H,25,26)(H,27,28)/p-8. The highest BCUT2D eigenvalue weighted by Gasteiger charge is 2.50. The molecule has 0 bridgehead atoms. The number of hydrogen-bond acceptors (Lipinski definition) is 22. The van der Waals surface area contributed by atoms with Crippen molar-refractivity contribution in [3.8, 4) is 0 Å². The highest BCUT2D eigenvalue weighted by molar-refractivity contribution is 5.73. The lowest BCUT2D eigenvalue weighted by Gasteiger charge is -2.48. The van der Waals surface area contributed by atoms with Gasteiger partial charge in [-0.15, -0.1) is 0 Å². The first-order valence-corrected chi connectivity index (χ1v) is 20.0. The summed E-state index contributed by atoms with van der Waals surface area (Å²) in [5.41, 5.74) is -2.37. The van der Waals surface area contributed by atoms with Crippen LogP contribution in [0.5, 0.6) is 0 Å². The second-order valence-corrected chi connectivity index (χ2v) is 16.0. The molecule has 1 aliphatic carbocycles. The van der Waals surface area contributed by atoms with Gasteiger partial charge in [-0.05, 0) is 53.4 Å². The van der Waals surface area contributed by atoms with E-state index in [1.807, 2.05) is 0 Å². The Kier molecular flexibility index (Phi) is 19.3. The highest BCUT2D eigenvalue weighted by atomic mass is 16.4. The molecule has 6 atom stereocenters. The zero-order chi connectivity index (χ0) is 45.9. The largest absolute Gasteiger partial charge is 0.549 e. The molecule has 3 aliphatic rings. The lowest BCUT2D eigenvalue weighted by Crippen LogP contribution is -2.65. The van der Waals surface area contributed by atoms with Crippen LogP contribution < -0.4 is 40.9 Å². The molecule has 22 heteroatoms. The van der Waals surface area contributed by atoms with Crippen LogP contribution in [0.4, 0.5) is 0 Å². The topological polar surface area (TPSA) is 340 Å². The Bertz CT molecular complexity index is 1460. The molecule has 0 amide bonds. The molecule has 6 unspecified atom stereocenters. The summed E-state index contributed by atoms with van der Waals surface area (Å²) in [5, 5.41) is 91.8. The van der Waals surface area contributed by atoms with E-state index in [2.05, 4.69) is 0 Å². The van der Waals surface area contributed by atoms with Crippen molar-refractivity contribution in [3.63, 3.8) is 0 Å². The van der Waals surface area contributed by atoms with Crippen LogP contribution in [0.3, 0.4) is 0 Å². The SMILES string of the molecule is CCC1(N(CC(=O)[O-])CC(=O)[O-])CN(C(C)C(=O)[O-])C2CCCCC2N(C(C)C(=O)[O-])C1.CCC1(N(CC(=O)[O-])CC(=O)[O-])CN(C(C)C(=O)[O-])CCN(C(C)C(=O)[O-])C1. The number of fused-ring (bicyclic) bond motifs is 1. The van der Waals surface area contributed by atoms with Gasteiger partial charge in [0.25, 0.3) is 0 Å². The Hall–Kier alpha value is -4.48. The zero-order valence-electron chi connectivity index (χ0n) is 35.0. The molecule has 3 fully saturated rings. The number of carbonyl (C=O) groups is 8. The Morgan fingerprint density at radius 1 is 0.483 bits per heavy atom. The lowest BCUT2D eigenvalue weighted by molar-refractivity contribution is -0.316. The third kappa shape index (κ3) is 13.3. The Morgan fingerprint density at radius 2 is 0.750 bits per heavy atom. The normalized spacial score (nSPS) is 26.5. The zero-order valence-corrected chi connectivity index (χ0v) is 35.0. The molecule has 0 N–H and O–H groups in total. The Balaban J connectivity index is 0.000000418. The number of rotatable bonds is 20. The van der Waals surface area contributed by atoms with Gasteiger partial charge in [0, 0.05) is 113 Å². The van der Waals surface area contributed by atoms with Gasteiger partial charge in [0.1, 0.15) is 0 Å². The minimum absolute atomic E-state index is 0.00449. The first-order valence-electron chi connectivity index (χ1n) is 20.0. The van der Waals surface area contributed by atoms with E-state index in [9.17, 15) is 79.2 Å². The van der Waals surface area contributed by atoms with Gasteiger partial charge in [-0.1, -0.05) is 26.7 Å². The number of carboxylic acids is 8. The first kappa shape index (κ1) is 51.7. The quantitative estimate of drug-likeness (QED) is 0.110. The summed E-state index contributed by atoms with van der Waals surface area (Å²) in [6, 6.07) is -4.82. The minimum atomic E-state index is -1.52. The van der Waals surface area contributed by atoms with E-state index in [4.69, 9.17) is 0 Å². The molecule has 0 spiro atoms. The van der Waals surface area contributed by atoms with Gasteiger partial charge < -0.3 is 79.2 Å². The van der Waals surface area contributed by atoms with E-state index in [0.29, 0.717) is 12.8 Å². The second-order valence-electron chi connectivity index (χ2n) is 16.0. The molecule has 22 nitrogen and oxygen atoms in total. The second kappa shape index (κ2) is 22.4. The number of hydrogen-bond donors (Lipinski definition) is 0. The fourth-order valence-electron chi connectivity index (χ4n) is 8.83. The van der Waals surface area contributed by atoms with E-state index in [-0.39, 0.29) is 64.2 Å². The van der Waals surface area contributed by atoms with E-state index < -0.39 is 109 Å². The van der Waals surface area contributed by atoms with Crippen molar-refractivity contribution in [1.82, 2.24) is 29.4 Å². The van der Waals surface area contributed by atoms with Crippen LogP contribution in [0, 0.1) is 0 Å². The van der Waals surface area contributed by atoms with Crippen molar-refractivity contribution in [1.29, 1.82) is 0 Å².